The summed E-state index contributed by atoms with van der Waals surface area (Å²) in [6, 6.07) is 10.5. The third-order valence-corrected chi connectivity index (χ3v) is 2.91. The summed E-state index contributed by atoms with van der Waals surface area (Å²) >= 11 is 0. The van der Waals surface area contributed by atoms with E-state index in [0.717, 1.165) is 0 Å². The third kappa shape index (κ3) is 2.84. The number of halogens is 2. The topological polar surface area (TPSA) is 21.3 Å². The number of para-hydroxylation sites is 1. The van der Waals surface area contributed by atoms with E-state index in [9.17, 15) is 8.78 Å². The summed E-state index contributed by atoms with van der Waals surface area (Å²) in [5, 5.41) is 2.95. The molecule has 0 spiro atoms. The van der Waals surface area contributed by atoms with Crippen molar-refractivity contribution in [2.75, 3.05) is 12.4 Å². The number of benzene rings is 2. The van der Waals surface area contributed by atoms with E-state index in [2.05, 4.69) is 5.32 Å². The average Bonchev–Trinajstić information content (AvgIpc) is 2.40. The molecule has 0 fully saturated rings. The predicted octanol–water partition coefficient (Wildman–Crippen LogP) is 4.15. The van der Waals surface area contributed by atoms with Gasteiger partial charge >= 0.3 is 0 Å². The van der Waals surface area contributed by atoms with Gasteiger partial charge in [-0.2, -0.15) is 0 Å². The monoisotopic (exact) mass is 263 g/mol. The van der Waals surface area contributed by atoms with Crippen LogP contribution in [0.2, 0.25) is 0 Å². The van der Waals surface area contributed by atoms with E-state index in [-0.39, 0.29) is 11.6 Å². The van der Waals surface area contributed by atoms with Crippen LogP contribution in [0.1, 0.15) is 18.5 Å². The van der Waals surface area contributed by atoms with E-state index < -0.39 is 6.04 Å². The van der Waals surface area contributed by atoms with Gasteiger partial charge in [0.2, 0.25) is 0 Å². The molecule has 0 bridgehead atoms. The molecule has 2 rings (SSSR count). The van der Waals surface area contributed by atoms with E-state index in [1.807, 2.05) is 0 Å². The van der Waals surface area contributed by atoms with Gasteiger partial charge in [0.1, 0.15) is 17.4 Å². The number of ether oxygens (including phenoxy) is 1. The second-order valence-corrected chi connectivity index (χ2v) is 4.20. The molecular weight excluding hydrogens is 248 g/mol. The van der Waals surface area contributed by atoms with Crippen molar-refractivity contribution >= 4 is 5.69 Å². The minimum absolute atomic E-state index is 0.334. The summed E-state index contributed by atoms with van der Waals surface area (Å²) < 4.78 is 32.6. The molecule has 0 heterocycles. The Labute approximate surface area is 111 Å². The first-order valence-corrected chi connectivity index (χ1v) is 5.97. The SMILES string of the molecule is COc1cccc(F)c1C(C)Nc1ccccc1F. The van der Waals surface area contributed by atoms with Gasteiger partial charge in [0.15, 0.2) is 0 Å². The Morgan fingerprint density at radius 1 is 1.00 bits per heavy atom. The van der Waals surface area contributed by atoms with Crippen molar-refractivity contribution in [2.24, 2.45) is 0 Å². The lowest BCUT2D eigenvalue weighted by molar-refractivity contribution is 0.402. The highest BCUT2D eigenvalue weighted by molar-refractivity contribution is 5.48. The van der Waals surface area contributed by atoms with Gasteiger partial charge in [-0.15, -0.1) is 0 Å². The molecule has 0 aliphatic rings. The summed E-state index contributed by atoms with van der Waals surface area (Å²) in [4.78, 5) is 0. The van der Waals surface area contributed by atoms with Gasteiger partial charge in [-0.1, -0.05) is 18.2 Å². The summed E-state index contributed by atoms with van der Waals surface area (Å²) in [5.41, 5.74) is 0.716. The van der Waals surface area contributed by atoms with Crippen LogP contribution < -0.4 is 10.1 Å². The molecule has 0 radical (unpaired) electrons. The maximum absolute atomic E-state index is 13.9. The van der Waals surface area contributed by atoms with Gasteiger partial charge in [-0.3, -0.25) is 0 Å². The Morgan fingerprint density at radius 2 is 1.68 bits per heavy atom. The van der Waals surface area contributed by atoms with Crippen LogP contribution in [0.4, 0.5) is 14.5 Å². The Morgan fingerprint density at radius 3 is 2.37 bits per heavy atom. The predicted molar refractivity (Wildman–Crippen MR) is 71.4 cm³/mol. The molecule has 2 nitrogen and oxygen atoms in total. The fourth-order valence-electron chi connectivity index (χ4n) is 2.00. The lowest BCUT2D eigenvalue weighted by Gasteiger charge is -2.19. The fraction of sp³-hybridized carbons (Fsp3) is 0.200. The Bertz CT molecular complexity index is 572. The maximum atomic E-state index is 13.9. The lowest BCUT2D eigenvalue weighted by Crippen LogP contribution is -2.11. The van der Waals surface area contributed by atoms with Gasteiger partial charge in [0.25, 0.3) is 0 Å². The molecule has 1 N–H and O–H groups in total. The number of nitrogens with one attached hydrogen (secondary N) is 1. The van der Waals surface area contributed by atoms with Crippen LogP contribution >= 0.6 is 0 Å². The van der Waals surface area contributed by atoms with Crippen molar-refractivity contribution in [3.05, 3.63) is 59.7 Å². The minimum Gasteiger partial charge on any atom is -0.496 e. The quantitative estimate of drug-likeness (QED) is 0.894. The highest BCUT2D eigenvalue weighted by atomic mass is 19.1. The standard InChI is InChI=1S/C15H15F2NO/c1-10(18-13-8-4-3-6-11(13)16)15-12(17)7-5-9-14(15)19-2/h3-10,18H,1-2H3. The molecule has 2 aromatic carbocycles. The fourth-order valence-corrected chi connectivity index (χ4v) is 2.00. The van der Waals surface area contributed by atoms with Crippen molar-refractivity contribution < 1.29 is 13.5 Å². The molecule has 0 saturated carbocycles. The molecule has 1 atom stereocenters. The van der Waals surface area contributed by atoms with Gasteiger partial charge in [-0.25, -0.2) is 8.78 Å². The zero-order valence-corrected chi connectivity index (χ0v) is 10.8. The van der Waals surface area contributed by atoms with E-state index in [1.54, 1.807) is 37.3 Å². The molecule has 0 aliphatic heterocycles. The van der Waals surface area contributed by atoms with Gasteiger partial charge in [0.05, 0.1) is 24.4 Å². The molecule has 100 valence electrons. The van der Waals surface area contributed by atoms with Crippen LogP contribution in [-0.2, 0) is 0 Å². The van der Waals surface area contributed by atoms with Crippen molar-refractivity contribution in [1.82, 2.24) is 0 Å². The number of methoxy groups -OCH3 is 1. The van der Waals surface area contributed by atoms with Crippen LogP contribution in [0.15, 0.2) is 42.5 Å². The smallest absolute Gasteiger partial charge is 0.146 e. The van der Waals surface area contributed by atoms with E-state index in [4.69, 9.17) is 4.74 Å². The van der Waals surface area contributed by atoms with Gasteiger partial charge in [0, 0.05) is 0 Å². The van der Waals surface area contributed by atoms with E-state index in [1.165, 1.54) is 19.2 Å². The lowest BCUT2D eigenvalue weighted by atomic mass is 10.1. The van der Waals surface area contributed by atoms with E-state index in [0.29, 0.717) is 17.0 Å². The normalized spacial score (nSPS) is 12.0. The van der Waals surface area contributed by atoms with Crippen LogP contribution in [0.3, 0.4) is 0 Å². The van der Waals surface area contributed by atoms with Crippen molar-refractivity contribution in [3.63, 3.8) is 0 Å². The first-order valence-electron chi connectivity index (χ1n) is 5.97. The largest absolute Gasteiger partial charge is 0.496 e. The van der Waals surface area contributed by atoms with Gasteiger partial charge in [-0.05, 0) is 31.2 Å². The number of rotatable bonds is 4. The Balaban J connectivity index is 2.30. The zero-order chi connectivity index (χ0) is 13.8. The molecule has 4 heteroatoms. The van der Waals surface area contributed by atoms with E-state index >= 15 is 0 Å². The van der Waals surface area contributed by atoms with Crippen LogP contribution in [0, 0.1) is 11.6 Å². The first kappa shape index (κ1) is 13.3. The third-order valence-electron chi connectivity index (χ3n) is 2.91. The minimum atomic E-state index is -0.409. The second kappa shape index (κ2) is 5.69. The summed E-state index contributed by atoms with van der Waals surface area (Å²) in [6.45, 7) is 1.76. The Kier molecular flexibility index (Phi) is 4.00. The average molecular weight is 263 g/mol. The Hall–Kier alpha value is -2.10. The van der Waals surface area contributed by atoms with Crippen LogP contribution in [0.25, 0.3) is 0 Å². The highest BCUT2D eigenvalue weighted by Gasteiger charge is 2.17. The molecule has 0 saturated heterocycles. The molecule has 0 amide bonds. The van der Waals surface area contributed by atoms with Crippen LogP contribution in [-0.4, -0.2) is 7.11 Å². The molecular formula is C15H15F2NO. The molecule has 1 unspecified atom stereocenters. The zero-order valence-electron chi connectivity index (χ0n) is 10.8. The number of anilines is 1. The molecule has 19 heavy (non-hydrogen) atoms. The van der Waals surface area contributed by atoms with Crippen LogP contribution in [0.5, 0.6) is 5.75 Å². The molecule has 0 aliphatic carbocycles. The number of hydrogen-bond donors (Lipinski definition) is 1. The maximum Gasteiger partial charge on any atom is 0.146 e. The van der Waals surface area contributed by atoms with Crippen molar-refractivity contribution in [1.29, 1.82) is 0 Å². The van der Waals surface area contributed by atoms with Gasteiger partial charge < -0.3 is 10.1 Å². The second-order valence-electron chi connectivity index (χ2n) is 4.20. The number of hydrogen-bond acceptors (Lipinski definition) is 2. The summed E-state index contributed by atoms with van der Waals surface area (Å²) in [7, 11) is 1.48. The summed E-state index contributed by atoms with van der Waals surface area (Å²) in [6.07, 6.45) is 0. The van der Waals surface area contributed by atoms with Crippen molar-refractivity contribution in [2.45, 2.75) is 13.0 Å². The summed E-state index contributed by atoms with van der Waals surface area (Å²) in [5.74, 6) is -0.309. The highest BCUT2D eigenvalue weighted by Crippen LogP contribution is 2.30. The first-order chi connectivity index (χ1) is 9.13. The molecule has 0 aromatic heterocycles. The molecule has 2 aromatic rings. The van der Waals surface area contributed by atoms with Crippen molar-refractivity contribution in [3.8, 4) is 5.75 Å².